The highest BCUT2D eigenvalue weighted by Gasteiger charge is 2.50. The molecule has 0 spiro atoms. The highest BCUT2D eigenvalue weighted by Crippen LogP contribution is 2.30. The maximum Gasteiger partial charge on any atom is 0.412 e. The number of carbonyl (C=O) groups excluding carboxylic acids is 1. The van der Waals surface area contributed by atoms with E-state index in [0.29, 0.717) is 17.0 Å². The van der Waals surface area contributed by atoms with Crippen LogP contribution in [0.15, 0.2) is 54.6 Å². The minimum absolute atomic E-state index is 0.127. The Kier molecular flexibility index (Phi) is 6.42. The van der Waals surface area contributed by atoms with Crippen LogP contribution in [0.25, 0.3) is 0 Å². The molecule has 2 aromatic carbocycles. The summed E-state index contributed by atoms with van der Waals surface area (Å²) in [6.07, 6.45) is -2.33. The fourth-order valence-corrected chi connectivity index (χ4v) is 5.07. The quantitative estimate of drug-likeness (QED) is 0.665. The molecule has 2 N–H and O–H groups in total. The molecule has 166 valence electrons. The molecule has 4 rings (SSSR count). The van der Waals surface area contributed by atoms with Crippen molar-refractivity contribution < 1.29 is 32.2 Å². The van der Waals surface area contributed by atoms with Gasteiger partial charge in [-0.05, 0) is 29.8 Å². The van der Waals surface area contributed by atoms with Gasteiger partial charge in [0.15, 0.2) is 6.10 Å². The van der Waals surface area contributed by atoms with Crippen molar-refractivity contribution >= 4 is 21.8 Å². The van der Waals surface area contributed by atoms with Crippen LogP contribution in [0.2, 0.25) is 0 Å². The molecular formula is C21H24N2O7S. The van der Waals surface area contributed by atoms with Crippen LogP contribution < -0.4 is 14.8 Å². The van der Waals surface area contributed by atoms with Gasteiger partial charge in [0, 0.05) is 5.69 Å². The van der Waals surface area contributed by atoms with E-state index >= 15 is 0 Å². The highest BCUT2D eigenvalue weighted by atomic mass is 32.2. The molecule has 0 aromatic heterocycles. The molecule has 2 saturated heterocycles. The van der Waals surface area contributed by atoms with Crippen molar-refractivity contribution in [2.24, 2.45) is 0 Å². The maximum atomic E-state index is 12.5. The van der Waals surface area contributed by atoms with Crippen LogP contribution in [-0.4, -0.2) is 59.2 Å². The molecule has 0 radical (unpaired) electrons. The van der Waals surface area contributed by atoms with Crippen molar-refractivity contribution in [3.8, 4) is 5.75 Å². The Hall–Kier alpha value is -2.66. The average molecular weight is 448 g/mol. The van der Waals surface area contributed by atoms with E-state index in [2.05, 4.69) is 10.0 Å². The van der Waals surface area contributed by atoms with Gasteiger partial charge in [-0.3, -0.25) is 5.32 Å². The first-order valence-electron chi connectivity index (χ1n) is 9.82. The molecule has 9 nitrogen and oxygen atoms in total. The Balaban J connectivity index is 1.30. The molecule has 1 amide bonds. The molecule has 0 saturated carbocycles. The van der Waals surface area contributed by atoms with E-state index in [1.807, 2.05) is 6.07 Å². The van der Waals surface area contributed by atoms with Gasteiger partial charge >= 0.3 is 6.09 Å². The van der Waals surface area contributed by atoms with E-state index in [-0.39, 0.29) is 19.0 Å². The monoisotopic (exact) mass is 448 g/mol. The van der Waals surface area contributed by atoms with Crippen LogP contribution in [0.4, 0.5) is 10.5 Å². The molecule has 0 bridgehead atoms. The number of hydrogen-bond acceptors (Lipinski definition) is 7. The SMILES string of the molecule is COc1ccc(NC(=O)O[C@@H]2CO[C@H]3[C@@H]2OC[C@@H]3NS(=O)(=O)Cc2ccccc2)cc1. The maximum absolute atomic E-state index is 12.5. The van der Waals surface area contributed by atoms with Crippen LogP contribution in [0, 0.1) is 0 Å². The smallest absolute Gasteiger partial charge is 0.412 e. The molecule has 2 aromatic rings. The predicted octanol–water partition coefficient (Wildman–Crippen LogP) is 1.90. The summed E-state index contributed by atoms with van der Waals surface area (Å²) in [6, 6.07) is 15.2. The lowest BCUT2D eigenvalue weighted by Gasteiger charge is -2.18. The normalized spacial score (nSPS) is 25.1. The standard InChI is InChI=1S/C21H24N2O7S/c1-27-16-9-7-15(8-10-16)22-21(24)30-18-12-29-19-17(11-28-20(18)19)23-31(25,26)13-14-5-3-2-4-6-14/h2-10,17-20,23H,11-13H2,1H3,(H,22,24)/t17-,18+,19+,20+/m0/s1. The van der Waals surface area contributed by atoms with E-state index in [9.17, 15) is 13.2 Å². The lowest BCUT2D eigenvalue weighted by Crippen LogP contribution is -2.44. The summed E-state index contributed by atoms with van der Waals surface area (Å²) in [5, 5.41) is 2.64. The largest absolute Gasteiger partial charge is 0.497 e. The lowest BCUT2D eigenvalue weighted by atomic mass is 10.1. The Morgan fingerprint density at radius 3 is 2.45 bits per heavy atom. The molecule has 4 atom stereocenters. The first kappa shape index (κ1) is 21.6. The zero-order valence-electron chi connectivity index (χ0n) is 16.9. The topological polar surface area (TPSA) is 112 Å². The molecule has 0 aliphatic carbocycles. The Bertz CT molecular complexity index is 998. The van der Waals surface area contributed by atoms with Gasteiger partial charge in [0.25, 0.3) is 0 Å². The minimum Gasteiger partial charge on any atom is -0.497 e. The molecule has 0 unspecified atom stereocenters. The zero-order chi connectivity index (χ0) is 21.8. The number of rotatable bonds is 7. The minimum atomic E-state index is -3.58. The van der Waals surface area contributed by atoms with E-state index in [1.54, 1.807) is 55.6 Å². The van der Waals surface area contributed by atoms with Gasteiger partial charge in [-0.15, -0.1) is 0 Å². The molecule has 2 aliphatic heterocycles. The second-order valence-electron chi connectivity index (χ2n) is 7.36. The van der Waals surface area contributed by atoms with Crippen LogP contribution >= 0.6 is 0 Å². The molecule has 2 heterocycles. The van der Waals surface area contributed by atoms with Crippen LogP contribution in [0.1, 0.15) is 5.56 Å². The third-order valence-corrected chi connectivity index (χ3v) is 6.51. The summed E-state index contributed by atoms with van der Waals surface area (Å²) in [5.41, 5.74) is 1.24. The Morgan fingerprint density at radius 1 is 1.03 bits per heavy atom. The van der Waals surface area contributed by atoms with E-state index in [0.717, 1.165) is 0 Å². The van der Waals surface area contributed by atoms with Gasteiger partial charge < -0.3 is 18.9 Å². The molecule has 2 aliphatic rings. The molecule has 31 heavy (non-hydrogen) atoms. The van der Waals surface area contributed by atoms with Gasteiger partial charge in [-0.1, -0.05) is 30.3 Å². The number of nitrogens with one attached hydrogen (secondary N) is 2. The first-order chi connectivity index (χ1) is 14.9. The summed E-state index contributed by atoms with van der Waals surface area (Å²) >= 11 is 0. The fraction of sp³-hybridized carbons (Fsp3) is 0.381. The summed E-state index contributed by atoms with van der Waals surface area (Å²) in [4.78, 5) is 12.2. The molecule has 10 heteroatoms. The lowest BCUT2D eigenvalue weighted by molar-refractivity contribution is 0.00883. The summed E-state index contributed by atoms with van der Waals surface area (Å²) in [6.45, 7) is 0.269. The summed E-state index contributed by atoms with van der Waals surface area (Å²) in [5.74, 6) is 0.539. The predicted molar refractivity (Wildman–Crippen MR) is 112 cm³/mol. The second-order valence-corrected chi connectivity index (χ2v) is 9.12. The van der Waals surface area contributed by atoms with Gasteiger partial charge in [-0.25, -0.2) is 17.9 Å². The van der Waals surface area contributed by atoms with E-state index in [1.165, 1.54) is 0 Å². The van der Waals surface area contributed by atoms with Crippen LogP contribution in [-0.2, 0) is 30.0 Å². The van der Waals surface area contributed by atoms with Crippen molar-refractivity contribution in [2.45, 2.75) is 30.1 Å². The number of amides is 1. The van der Waals surface area contributed by atoms with Crippen molar-refractivity contribution in [3.63, 3.8) is 0 Å². The number of fused-ring (bicyclic) bond motifs is 1. The van der Waals surface area contributed by atoms with Gasteiger partial charge in [-0.2, -0.15) is 0 Å². The van der Waals surface area contributed by atoms with Gasteiger partial charge in [0.2, 0.25) is 10.0 Å². The van der Waals surface area contributed by atoms with Crippen molar-refractivity contribution in [1.29, 1.82) is 0 Å². The second kappa shape index (κ2) is 9.23. The number of anilines is 1. The van der Waals surface area contributed by atoms with Gasteiger partial charge in [0.05, 0.1) is 32.1 Å². The third-order valence-electron chi connectivity index (χ3n) is 5.13. The number of carbonyl (C=O) groups is 1. The van der Waals surface area contributed by atoms with Crippen molar-refractivity contribution in [1.82, 2.24) is 4.72 Å². The number of sulfonamides is 1. The number of benzene rings is 2. The summed E-state index contributed by atoms with van der Waals surface area (Å²) in [7, 11) is -2.02. The summed E-state index contributed by atoms with van der Waals surface area (Å²) < 4.78 is 49.7. The van der Waals surface area contributed by atoms with Crippen LogP contribution in [0.5, 0.6) is 5.75 Å². The highest BCUT2D eigenvalue weighted by molar-refractivity contribution is 7.88. The molecular weight excluding hydrogens is 424 g/mol. The Labute approximate surface area is 180 Å². The van der Waals surface area contributed by atoms with E-state index < -0.39 is 40.5 Å². The fourth-order valence-electron chi connectivity index (χ4n) is 3.69. The van der Waals surface area contributed by atoms with Crippen molar-refractivity contribution in [3.05, 3.63) is 60.2 Å². The average Bonchev–Trinajstić information content (AvgIpc) is 3.32. The third kappa shape index (κ3) is 5.34. The number of methoxy groups -OCH3 is 1. The Morgan fingerprint density at radius 2 is 1.74 bits per heavy atom. The van der Waals surface area contributed by atoms with Gasteiger partial charge in [0.1, 0.15) is 18.0 Å². The van der Waals surface area contributed by atoms with Crippen molar-refractivity contribution in [2.75, 3.05) is 25.6 Å². The number of hydrogen-bond donors (Lipinski definition) is 2. The molecule has 2 fully saturated rings. The van der Waals surface area contributed by atoms with Crippen LogP contribution in [0.3, 0.4) is 0 Å². The zero-order valence-corrected chi connectivity index (χ0v) is 17.7. The number of ether oxygens (including phenoxy) is 4. The van der Waals surface area contributed by atoms with E-state index in [4.69, 9.17) is 18.9 Å². The first-order valence-corrected chi connectivity index (χ1v) is 11.5.